The van der Waals surface area contributed by atoms with E-state index in [4.69, 9.17) is 4.74 Å². The third-order valence-electron chi connectivity index (χ3n) is 2.71. The van der Waals surface area contributed by atoms with Gasteiger partial charge in [0, 0.05) is 30.8 Å². The van der Waals surface area contributed by atoms with Crippen LogP contribution in [0.15, 0.2) is 0 Å². The maximum atomic E-state index is 11.3. The van der Waals surface area contributed by atoms with Crippen LogP contribution in [0.1, 0.15) is 35.8 Å². The summed E-state index contributed by atoms with van der Waals surface area (Å²) in [6.07, 6.45) is 2.27. The van der Waals surface area contributed by atoms with Crippen molar-refractivity contribution in [1.29, 1.82) is 0 Å². The molecule has 0 aliphatic carbocycles. The van der Waals surface area contributed by atoms with Crippen LogP contribution in [0.25, 0.3) is 0 Å². The van der Waals surface area contributed by atoms with E-state index in [1.807, 2.05) is 0 Å². The van der Waals surface area contributed by atoms with E-state index in [9.17, 15) is 8.42 Å². The number of methoxy groups -OCH3 is 1. The van der Waals surface area contributed by atoms with Crippen LogP contribution >= 0.6 is 11.3 Å². The lowest BCUT2D eigenvalue weighted by molar-refractivity contribution is 0.181. The highest BCUT2D eigenvalue weighted by Crippen LogP contribution is 2.21. The average Bonchev–Trinajstić information content (AvgIpc) is 2.66. The quantitative estimate of drug-likeness (QED) is 0.792. The molecule has 1 heterocycles. The van der Waals surface area contributed by atoms with Gasteiger partial charge in [0.25, 0.3) is 0 Å². The fourth-order valence-electron chi connectivity index (χ4n) is 1.52. The Morgan fingerprint density at radius 1 is 1.47 bits per heavy atom. The predicted molar refractivity (Wildman–Crippen MR) is 78.0 cm³/mol. The summed E-state index contributed by atoms with van der Waals surface area (Å²) in [5.41, 5.74) is 0.835. The Labute approximate surface area is 119 Å². The molecule has 1 unspecified atom stereocenters. The second kappa shape index (κ2) is 7.33. The minimum Gasteiger partial charge on any atom is -0.378 e. The summed E-state index contributed by atoms with van der Waals surface area (Å²) in [5.74, 6) is -0.00227. The molecule has 0 aromatic carbocycles. The van der Waals surface area contributed by atoms with Crippen molar-refractivity contribution in [2.45, 2.75) is 45.2 Å². The van der Waals surface area contributed by atoms with Gasteiger partial charge >= 0.3 is 0 Å². The van der Waals surface area contributed by atoms with Crippen molar-refractivity contribution in [3.05, 3.63) is 15.6 Å². The SMILES string of the molecule is CCC(C)NCc1sc(CS(C)(=O)=O)nc1COC. The molecule has 0 bridgehead atoms. The molecular weight excluding hydrogens is 284 g/mol. The first-order chi connectivity index (χ1) is 8.85. The number of hydrogen-bond acceptors (Lipinski definition) is 6. The van der Waals surface area contributed by atoms with Gasteiger partial charge in [-0.3, -0.25) is 0 Å². The zero-order valence-corrected chi connectivity index (χ0v) is 13.5. The molecule has 0 aliphatic heterocycles. The third kappa shape index (κ3) is 5.99. The summed E-state index contributed by atoms with van der Waals surface area (Å²) in [6.45, 7) is 5.36. The van der Waals surface area contributed by atoms with E-state index in [2.05, 4.69) is 24.1 Å². The predicted octanol–water partition coefficient (Wildman–Crippen LogP) is 1.72. The summed E-state index contributed by atoms with van der Waals surface area (Å²) in [5, 5.41) is 4.02. The molecule has 0 aliphatic rings. The zero-order valence-electron chi connectivity index (χ0n) is 11.9. The van der Waals surface area contributed by atoms with Crippen molar-refractivity contribution in [2.24, 2.45) is 0 Å². The van der Waals surface area contributed by atoms with E-state index in [0.29, 0.717) is 24.2 Å². The molecule has 0 amide bonds. The van der Waals surface area contributed by atoms with Gasteiger partial charge in [-0.05, 0) is 13.3 Å². The standard InChI is InChI=1S/C12H22N2O3S2/c1-5-9(2)13-6-11-10(7-17-3)14-12(18-11)8-19(4,15)16/h9,13H,5-8H2,1-4H3. The molecule has 0 spiro atoms. The number of rotatable bonds is 8. The first-order valence-corrected chi connectivity index (χ1v) is 9.11. The molecule has 110 valence electrons. The molecule has 0 fully saturated rings. The van der Waals surface area contributed by atoms with Crippen molar-refractivity contribution < 1.29 is 13.2 Å². The van der Waals surface area contributed by atoms with Crippen LogP contribution in [-0.4, -0.2) is 32.8 Å². The summed E-state index contributed by atoms with van der Waals surface area (Å²) in [7, 11) is -1.43. The van der Waals surface area contributed by atoms with Gasteiger partial charge in [-0.15, -0.1) is 11.3 Å². The monoisotopic (exact) mass is 306 g/mol. The van der Waals surface area contributed by atoms with Crippen LogP contribution in [-0.2, 0) is 33.5 Å². The van der Waals surface area contributed by atoms with E-state index in [-0.39, 0.29) is 5.75 Å². The normalized spacial score (nSPS) is 13.7. The van der Waals surface area contributed by atoms with Gasteiger partial charge in [-0.1, -0.05) is 6.92 Å². The third-order valence-corrected chi connectivity index (χ3v) is 4.79. The molecule has 0 radical (unpaired) electrons. The molecule has 0 saturated carbocycles. The van der Waals surface area contributed by atoms with Crippen molar-refractivity contribution in [3.63, 3.8) is 0 Å². The molecule has 0 saturated heterocycles. The summed E-state index contributed by atoms with van der Waals surface area (Å²) < 4.78 is 27.7. The first kappa shape index (κ1) is 16.6. The Kier molecular flexibility index (Phi) is 6.38. The maximum Gasteiger partial charge on any atom is 0.153 e. The van der Waals surface area contributed by atoms with E-state index in [1.54, 1.807) is 7.11 Å². The first-order valence-electron chi connectivity index (χ1n) is 6.23. The van der Waals surface area contributed by atoms with Crippen LogP contribution in [0.2, 0.25) is 0 Å². The summed E-state index contributed by atoms with van der Waals surface area (Å²) >= 11 is 1.45. The Bertz CT molecular complexity index is 497. The summed E-state index contributed by atoms with van der Waals surface area (Å²) in [4.78, 5) is 5.42. The second-order valence-corrected chi connectivity index (χ2v) is 7.98. The number of nitrogens with zero attached hydrogens (tertiary/aromatic N) is 1. The second-order valence-electron chi connectivity index (χ2n) is 4.67. The number of nitrogens with one attached hydrogen (secondary N) is 1. The Morgan fingerprint density at radius 3 is 2.68 bits per heavy atom. The Balaban J connectivity index is 2.82. The van der Waals surface area contributed by atoms with Crippen LogP contribution < -0.4 is 5.32 Å². The number of aromatic nitrogens is 1. The van der Waals surface area contributed by atoms with Crippen molar-refractivity contribution >= 4 is 21.2 Å². The molecule has 7 heteroatoms. The Morgan fingerprint density at radius 2 is 2.16 bits per heavy atom. The van der Waals surface area contributed by atoms with Gasteiger partial charge < -0.3 is 10.1 Å². The number of hydrogen-bond donors (Lipinski definition) is 1. The lowest BCUT2D eigenvalue weighted by Crippen LogP contribution is -2.24. The molecular formula is C12H22N2O3S2. The number of ether oxygens (including phenoxy) is 1. The van der Waals surface area contributed by atoms with E-state index in [0.717, 1.165) is 17.0 Å². The molecule has 5 nitrogen and oxygen atoms in total. The molecule has 1 atom stereocenters. The van der Waals surface area contributed by atoms with Crippen molar-refractivity contribution in [1.82, 2.24) is 10.3 Å². The van der Waals surface area contributed by atoms with E-state index >= 15 is 0 Å². The topological polar surface area (TPSA) is 68.3 Å². The molecule has 19 heavy (non-hydrogen) atoms. The molecule has 1 N–H and O–H groups in total. The van der Waals surface area contributed by atoms with Crippen molar-refractivity contribution in [3.8, 4) is 0 Å². The molecule has 1 aromatic heterocycles. The zero-order chi connectivity index (χ0) is 14.5. The summed E-state index contributed by atoms with van der Waals surface area (Å²) in [6, 6.07) is 0.427. The van der Waals surface area contributed by atoms with Crippen molar-refractivity contribution in [2.75, 3.05) is 13.4 Å². The minimum atomic E-state index is -3.04. The highest BCUT2D eigenvalue weighted by atomic mass is 32.2. The van der Waals surface area contributed by atoms with Crippen LogP contribution in [0, 0.1) is 0 Å². The number of thiazole rings is 1. The van der Waals surface area contributed by atoms with Gasteiger partial charge in [-0.2, -0.15) is 0 Å². The van der Waals surface area contributed by atoms with E-state index in [1.165, 1.54) is 17.6 Å². The fraction of sp³-hybridized carbons (Fsp3) is 0.750. The highest BCUT2D eigenvalue weighted by molar-refractivity contribution is 7.90. The van der Waals surface area contributed by atoms with E-state index < -0.39 is 9.84 Å². The minimum absolute atomic E-state index is 0.00227. The lowest BCUT2D eigenvalue weighted by Gasteiger charge is -2.10. The smallest absolute Gasteiger partial charge is 0.153 e. The lowest BCUT2D eigenvalue weighted by atomic mass is 10.2. The average molecular weight is 306 g/mol. The van der Waals surface area contributed by atoms with Crippen LogP contribution in [0.3, 0.4) is 0 Å². The fourth-order valence-corrected chi connectivity index (χ4v) is 3.73. The number of sulfone groups is 1. The van der Waals surface area contributed by atoms with Gasteiger partial charge in [0.05, 0.1) is 12.3 Å². The maximum absolute atomic E-state index is 11.3. The van der Waals surface area contributed by atoms with Gasteiger partial charge in [0.2, 0.25) is 0 Å². The van der Waals surface area contributed by atoms with Gasteiger partial charge in [-0.25, -0.2) is 13.4 Å². The van der Waals surface area contributed by atoms with Crippen LogP contribution in [0.5, 0.6) is 0 Å². The van der Waals surface area contributed by atoms with Crippen LogP contribution in [0.4, 0.5) is 0 Å². The van der Waals surface area contributed by atoms with Gasteiger partial charge in [0.15, 0.2) is 9.84 Å². The molecule has 1 aromatic rings. The Hall–Kier alpha value is -0.500. The molecule has 1 rings (SSSR count). The highest BCUT2D eigenvalue weighted by Gasteiger charge is 2.15. The van der Waals surface area contributed by atoms with Gasteiger partial charge in [0.1, 0.15) is 10.8 Å². The largest absolute Gasteiger partial charge is 0.378 e.